The summed E-state index contributed by atoms with van der Waals surface area (Å²) in [4.78, 5) is 0. The van der Waals surface area contributed by atoms with Crippen LogP contribution in [0.25, 0.3) is 0 Å². The summed E-state index contributed by atoms with van der Waals surface area (Å²) >= 11 is 3.46. The van der Waals surface area contributed by atoms with Crippen LogP contribution in [0.1, 0.15) is 25.3 Å². The van der Waals surface area contributed by atoms with Crippen LogP contribution in [-0.2, 0) is 5.41 Å². The van der Waals surface area contributed by atoms with E-state index in [1.54, 1.807) is 19.1 Å². The summed E-state index contributed by atoms with van der Waals surface area (Å²) in [5.74, 6) is 0.560. The van der Waals surface area contributed by atoms with Crippen LogP contribution in [-0.4, -0.2) is 23.4 Å². The lowest BCUT2D eigenvalue weighted by molar-refractivity contribution is 0.150. The molecule has 2 rings (SSSR count). The van der Waals surface area contributed by atoms with E-state index in [-0.39, 0.29) is 11.2 Å². The highest BCUT2D eigenvalue weighted by atomic mass is 79.9. The molecule has 4 heteroatoms. The summed E-state index contributed by atoms with van der Waals surface area (Å²) < 4.78 is 5.91. The second-order valence-corrected chi connectivity index (χ2v) is 5.19. The van der Waals surface area contributed by atoms with Crippen molar-refractivity contribution < 1.29 is 14.9 Å². The van der Waals surface area contributed by atoms with Crippen LogP contribution in [0.2, 0.25) is 0 Å². The van der Waals surface area contributed by atoms with Gasteiger partial charge in [-0.05, 0) is 37.5 Å². The zero-order chi connectivity index (χ0) is 11.9. The Balaban J connectivity index is 2.47. The average molecular weight is 287 g/mol. The minimum absolute atomic E-state index is 0.118. The lowest BCUT2D eigenvalue weighted by Crippen LogP contribution is -2.22. The molecule has 1 aliphatic carbocycles. The van der Waals surface area contributed by atoms with Crippen molar-refractivity contribution in [3.8, 4) is 11.5 Å². The van der Waals surface area contributed by atoms with E-state index in [2.05, 4.69) is 15.9 Å². The quantitative estimate of drug-likeness (QED) is 0.898. The fourth-order valence-corrected chi connectivity index (χ4v) is 2.85. The van der Waals surface area contributed by atoms with Gasteiger partial charge in [0.15, 0.2) is 11.5 Å². The van der Waals surface area contributed by atoms with Crippen LogP contribution < -0.4 is 4.74 Å². The Morgan fingerprint density at radius 3 is 2.50 bits per heavy atom. The number of aliphatic hydroxyl groups excluding tert-OH is 1. The number of methoxy groups -OCH3 is 1. The van der Waals surface area contributed by atoms with E-state index in [0.29, 0.717) is 5.75 Å². The number of ether oxygens (including phenoxy) is 1. The Hall–Kier alpha value is -0.740. The van der Waals surface area contributed by atoms with E-state index in [1.807, 2.05) is 0 Å². The van der Waals surface area contributed by atoms with E-state index in [4.69, 9.17) is 4.74 Å². The molecule has 0 radical (unpaired) electrons. The van der Waals surface area contributed by atoms with Crippen molar-refractivity contribution in [3.63, 3.8) is 0 Å². The van der Waals surface area contributed by atoms with Gasteiger partial charge in [0, 0.05) is 9.89 Å². The van der Waals surface area contributed by atoms with Gasteiger partial charge in [-0.15, -0.1) is 0 Å². The molecular weight excluding hydrogens is 272 g/mol. The van der Waals surface area contributed by atoms with Gasteiger partial charge >= 0.3 is 0 Å². The third kappa shape index (κ3) is 1.70. The molecule has 1 aromatic rings. The van der Waals surface area contributed by atoms with Crippen molar-refractivity contribution in [1.82, 2.24) is 0 Å². The van der Waals surface area contributed by atoms with E-state index >= 15 is 0 Å². The normalized spacial score (nSPS) is 19.2. The minimum Gasteiger partial charge on any atom is -0.504 e. The second-order valence-electron chi connectivity index (χ2n) is 4.34. The summed E-state index contributed by atoms with van der Waals surface area (Å²) in [7, 11) is 1.52. The predicted molar refractivity (Wildman–Crippen MR) is 65.0 cm³/mol. The molecule has 3 nitrogen and oxygen atoms in total. The molecule has 0 bridgehead atoms. The summed E-state index contributed by atoms with van der Waals surface area (Å²) in [6.45, 7) is 1.79. The van der Waals surface area contributed by atoms with Crippen LogP contribution in [0.15, 0.2) is 16.6 Å². The molecule has 0 aliphatic heterocycles. The Bertz CT molecular complexity index is 411. The lowest BCUT2D eigenvalue weighted by Gasteiger charge is -2.21. The van der Waals surface area contributed by atoms with Gasteiger partial charge < -0.3 is 14.9 Å². The Morgan fingerprint density at radius 1 is 1.44 bits per heavy atom. The van der Waals surface area contributed by atoms with Gasteiger partial charge in [-0.25, -0.2) is 0 Å². The van der Waals surface area contributed by atoms with E-state index in [0.717, 1.165) is 22.9 Å². The Labute approximate surface area is 103 Å². The molecule has 0 heterocycles. The molecule has 1 fully saturated rings. The number of hydrogen-bond donors (Lipinski definition) is 2. The van der Waals surface area contributed by atoms with Gasteiger partial charge in [0.1, 0.15) is 0 Å². The SMILES string of the molecule is COc1cc(Br)c(C2(C(C)O)CC2)cc1O. The smallest absolute Gasteiger partial charge is 0.161 e. The molecule has 88 valence electrons. The highest BCUT2D eigenvalue weighted by Crippen LogP contribution is 2.54. The van der Waals surface area contributed by atoms with Crippen molar-refractivity contribution in [3.05, 3.63) is 22.2 Å². The van der Waals surface area contributed by atoms with Crippen LogP contribution in [0, 0.1) is 0 Å². The van der Waals surface area contributed by atoms with E-state index in [1.165, 1.54) is 7.11 Å². The standard InChI is InChI=1S/C12H15BrO3/c1-7(14)12(3-4-12)8-5-10(15)11(16-2)6-9(8)13/h5-7,14-15H,3-4H2,1-2H3. The fourth-order valence-electron chi connectivity index (χ4n) is 2.14. The molecule has 1 saturated carbocycles. The van der Waals surface area contributed by atoms with Gasteiger partial charge in [-0.1, -0.05) is 15.9 Å². The maximum atomic E-state index is 9.80. The summed E-state index contributed by atoms with van der Waals surface area (Å²) in [5.41, 5.74) is 0.767. The molecule has 1 aromatic carbocycles. The van der Waals surface area contributed by atoms with Crippen molar-refractivity contribution in [2.75, 3.05) is 7.11 Å². The number of rotatable bonds is 3. The molecule has 0 saturated heterocycles. The third-order valence-electron chi connectivity index (χ3n) is 3.39. The Kier molecular flexibility index (Phi) is 2.88. The van der Waals surface area contributed by atoms with Crippen LogP contribution in [0.3, 0.4) is 0 Å². The van der Waals surface area contributed by atoms with Gasteiger partial charge in [0.2, 0.25) is 0 Å². The largest absolute Gasteiger partial charge is 0.504 e. The predicted octanol–water partition coefficient (Wildman–Crippen LogP) is 2.58. The number of phenols is 1. The third-order valence-corrected chi connectivity index (χ3v) is 4.05. The number of halogens is 1. The number of aliphatic hydroxyl groups is 1. The second kappa shape index (κ2) is 3.93. The molecular formula is C12H15BrO3. The maximum Gasteiger partial charge on any atom is 0.161 e. The molecule has 16 heavy (non-hydrogen) atoms. The molecule has 0 spiro atoms. The molecule has 0 aromatic heterocycles. The highest BCUT2D eigenvalue weighted by Gasteiger charge is 2.49. The number of phenolic OH excluding ortho intramolecular Hbond substituents is 1. The van der Waals surface area contributed by atoms with Crippen molar-refractivity contribution in [2.45, 2.75) is 31.3 Å². The summed E-state index contributed by atoms with van der Waals surface area (Å²) in [6.07, 6.45) is 1.50. The monoisotopic (exact) mass is 286 g/mol. The van der Waals surface area contributed by atoms with Crippen LogP contribution in [0.4, 0.5) is 0 Å². The van der Waals surface area contributed by atoms with Crippen LogP contribution in [0.5, 0.6) is 11.5 Å². The fraction of sp³-hybridized carbons (Fsp3) is 0.500. The van der Waals surface area contributed by atoms with Gasteiger partial charge in [0.25, 0.3) is 0 Å². The van der Waals surface area contributed by atoms with E-state index in [9.17, 15) is 10.2 Å². The number of benzene rings is 1. The average Bonchev–Trinajstić information content (AvgIpc) is 3.01. The molecule has 1 atom stereocenters. The highest BCUT2D eigenvalue weighted by molar-refractivity contribution is 9.10. The topological polar surface area (TPSA) is 49.7 Å². The van der Waals surface area contributed by atoms with Crippen LogP contribution >= 0.6 is 15.9 Å². The number of hydrogen-bond acceptors (Lipinski definition) is 3. The van der Waals surface area contributed by atoms with Crippen molar-refractivity contribution in [2.24, 2.45) is 0 Å². The first-order chi connectivity index (χ1) is 7.51. The summed E-state index contributed by atoms with van der Waals surface area (Å²) in [6, 6.07) is 3.43. The van der Waals surface area contributed by atoms with Gasteiger partial charge in [-0.2, -0.15) is 0 Å². The maximum absolute atomic E-state index is 9.80. The van der Waals surface area contributed by atoms with Crippen molar-refractivity contribution in [1.29, 1.82) is 0 Å². The molecule has 1 aliphatic rings. The lowest BCUT2D eigenvalue weighted by atomic mass is 9.90. The first-order valence-electron chi connectivity index (χ1n) is 5.26. The van der Waals surface area contributed by atoms with Crippen molar-refractivity contribution >= 4 is 15.9 Å². The molecule has 0 amide bonds. The molecule has 1 unspecified atom stereocenters. The van der Waals surface area contributed by atoms with E-state index < -0.39 is 6.10 Å². The van der Waals surface area contributed by atoms with Gasteiger partial charge in [0.05, 0.1) is 13.2 Å². The minimum atomic E-state index is -0.406. The Morgan fingerprint density at radius 2 is 2.06 bits per heavy atom. The first-order valence-corrected chi connectivity index (χ1v) is 6.05. The number of aromatic hydroxyl groups is 1. The first kappa shape index (κ1) is 11.7. The van der Waals surface area contributed by atoms with Gasteiger partial charge in [-0.3, -0.25) is 0 Å². The summed E-state index contributed by atoms with van der Waals surface area (Å²) in [5, 5.41) is 19.6. The zero-order valence-electron chi connectivity index (χ0n) is 9.33. The zero-order valence-corrected chi connectivity index (χ0v) is 10.9. The molecule has 2 N–H and O–H groups in total.